The first-order valence-electron chi connectivity index (χ1n) is 12.6. The Bertz CT molecular complexity index is 1380. The van der Waals surface area contributed by atoms with Crippen LogP contribution in [0.2, 0.25) is 0 Å². The molecular weight excluding hydrogens is 536 g/mol. The van der Waals surface area contributed by atoms with Gasteiger partial charge in [0, 0.05) is 37.2 Å². The zero-order valence-corrected chi connectivity index (χ0v) is 24.4. The Morgan fingerprint density at radius 3 is 2.50 bits per heavy atom. The summed E-state index contributed by atoms with van der Waals surface area (Å²) in [5.74, 6) is 0.0439. The number of hydrogen-bond donors (Lipinski definition) is 5. The average molecular weight is 575 g/mol. The van der Waals surface area contributed by atoms with Gasteiger partial charge >= 0.3 is 0 Å². The number of pyridine rings is 1. The van der Waals surface area contributed by atoms with Crippen molar-refractivity contribution in [3.8, 4) is 11.6 Å². The number of aryl methyl sites for hydroxylation is 1. The number of likely N-dealkylation sites (N-methyl/N-ethyl adjacent to an activating group) is 1. The number of aromatic nitrogens is 3. The highest BCUT2D eigenvalue weighted by Crippen LogP contribution is 2.37. The molecule has 1 amide bonds. The lowest BCUT2D eigenvalue weighted by molar-refractivity contribution is 0.0909. The topological polar surface area (TPSA) is 176 Å². The van der Waals surface area contributed by atoms with E-state index < -0.39 is 16.8 Å². The Morgan fingerprint density at radius 1 is 1.20 bits per heavy atom. The van der Waals surface area contributed by atoms with Crippen molar-refractivity contribution in [2.45, 2.75) is 33.6 Å². The van der Waals surface area contributed by atoms with Gasteiger partial charge in [-0.1, -0.05) is 13.8 Å². The third-order valence-electron chi connectivity index (χ3n) is 6.04. The highest BCUT2D eigenvalue weighted by Gasteiger charge is 2.35. The number of primary amides is 1. The quantitative estimate of drug-likeness (QED) is 0.260. The molecule has 0 unspecified atom stereocenters. The summed E-state index contributed by atoms with van der Waals surface area (Å²) in [6.45, 7) is 7.30. The lowest BCUT2D eigenvalue weighted by Gasteiger charge is -2.29. The summed E-state index contributed by atoms with van der Waals surface area (Å²) in [5, 5.41) is 7.96. The van der Waals surface area contributed by atoms with Crippen LogP contribution in [0.15, 0.2) is 36.5 Å². The molecule has 40 heavy (non-hydrogen) atoms. The lowest BCUT2D eigenvalue weighted by Crippen LogP contribution is -2.28. The Labute approximate surface area is 235 Å². The van der Waals surface area contributed by atoms with Crippen molar-refractivity contribution in [2.75, 3.05) is 38.8 Å². The molecule has 3 aromatic rings. The van der Waals surface area contributed by atoms with Crippen LogP contribution in [0, 0.1) is 12.3 Å². The second-order valence-corrected chi connectivity index (χ2v) is 12.4. The molecule has 0 bridgehead atoms. The third kappa shape index (κ3) is 8.50. The van der Waals surface area contributed by atoms with Crippen LogP contribution in [0.3, 0.4) is 0 Å². The smallest absolute Gasteiger partial charge is 0.250 e. The minimum atomic E-state index is -3.17. The molecule has 12 nitrogen and oxygen atoms in total. The molecule has 4 rings (SSSR count). The van der Waals surface area contributed by atoms with Crippen LogP contribution >= 0.6 is 10.9 Å². The number of carbonyl (C=O) groups excluding carboxylic acids is 2. The molecule has 6 N–H and O–H groups in total. The number of amides is 1. The maximum atomic E-state index is 12.8. The zero-order valence-electron chi connectivity index (χ0n) is 23.6. The monoisotopic (exact) mass is 574 g/mol. The number of hydrogen-bond acceptors (Lipinski definition) is 10. The van der Waals surface area contributed by atoms with Gasteiger partial charge in [-0.15, -0.1) is 0 Å². The minimum absolute atomic E-state index is 0.116. The maximum absolute atomic E-state index is 12.8. The van der Waals surface area contributed by atoms with Gasteiger partial charge in [0.05, 0.1) is 44.8 Å². The number of rotatable bonds is 8. The van der Waals surface area contributed by atoms with Crippen molar-refractivity contribution in [2.24, 2.45) is 11.1 Å². The zero-order chi connectivity index (χ0) is 29.8. The highest BCUT2D eigenvalue weighted by molar-refractivity contribution is 8.18. The van der Waals surface area contributed by atoms with Crippen LogP contribution in [-0.4, -0.2) is 78.5 Å². The van der Waals surface area contributed by atoms with E-state index in [9.17, 15) is 9.59 Å². The van der Waals surface area contributed by atoms with E-state index in [0.29, 0.717) is 47.1 Å². The van der Waals surface area contributed by atoms with Crippen LogP contribution in [-0.2, 0) is 6.42 Å². The number of ketones is 1. The number of ether oxygens (including phenoxy) is 1. The van der Waals surface area contributed by atoms with E-state index in [1.165, 1.54) is 0 Å². The van der Waals surface area contributed by atoms with E-state index in [0.717, 1.165) is 30.6 Å². The molecule has 0 fully saturated rings. The Morgan fingerprint density at radius 2 is 1.88 bits per heavy atom. The van der Waals surface area contributed by atoms with E-state index in [4.69, 9.17) is 24.1 Å². The SMILES string of the molecule is CS(O)(O)O.Cc1nn(-c2ccc(C(N)=O)c(Nc3ccnc(OCCN(C)C)c3)c2)c2c1C(=O)CC(C)(C)C2. The molecule has 1 aromatic carbocycles. The van der Waals surface area contributed by atoms with Crippen LogP contribution in [0.1, 0.15) is 52.4 Å². The van der Waals surface area contributed by atoms with Crippen molar-refractivity contribution >= 4 is 33.9 Å². The lowest BCUT2D eigenvalue weighted by atomic mass is 9.75. The molecule has 0 radical (unpaired) electrons. The summed E-state index contributed by atoms with van der Waals surface area (Å²) < 4.78 is 30.7. The van der Waals surface area contributed by atoms with E-state index >= 15 is 0 Å². The number of nitrogens with two attached hydrogens (primary N) is 1. The molecule has 1 aliphatic rings. The number of nitrogens with zero attached hydrogens (tertiary/aromatic N) is 4. The number of Topliss-reactive ketones (excluding diaryl/α,β-unsaturated/α-hetero) is 1. The number of anilines is 2. The molecule has 2 heterocycles. The summed E-state index contributed by atoms with van der Waals surface area (Å²) in [4.78, 5) is 31.3. The van der Waals surface area contributed by atoms with Crippen molar-refractivity contribution in [1.29, 1.82) is 0 Å². The minimum Gasteiger partial charge on any atom is -0.476 e. The Kier molecular flexibility index (Phi) is 9.59. The standard InChI is InChI=1S/C26H32N6O3.CH6O3S/c1-16-24-21(14-26(2,3)15-22(24)33)32(30-16)18-6-7-19(25(27)34)20(13-18)29-17-8-9-28-23(12-17)35-11-10-31(4)5;1-5(2,3)4/h6-9,12-13H,10-11,14-15H2,1-5H3,(H2,27,34)(H,28,29);2-4H,1H3. The normalized spacial score (nSPS) is 14.7. The van der Waals surface area contributed by atoms with E-state index in [2.05, 4.69) is 29.2 Å². The summed E-state index contributed by atoms with van der Waals surface area (Å²) >= 11 is 0. The fourth-order valence-corrected chi connectivity index (χ4v) is 4.39. The van der Waals surface area contributed by atoms with Gasteiger partial charge in [-0.05, 0) is 57.1 Å². The molecule has 0 saturated heterocycles. The molecule has 218 valence electrons. The van der Waals surface area contributed by atoms with E-state index in [1.807, 2.05) is 36.7 Å². The molecule has 0 spiro atoms. The third-order valence-corrected chi connectivity index (χ3v) is 6.04. The van der Waals surface area contributed by atoms with Gasteiger partial charge in [-0.25, -0.2) is 9.67 Å². The van der Waals surface area contributed by atoms with Crippen molar-refractivity contribution < 1.29 is 28.0 Å². The highest BCUT2D eigenvalue weighted by atomic mass is 32.3. The number of benzene rings is 1. The largest absolute Gasteiger partial charge is 0.476 e. The number of nitrogens with one attached hydrogen (secondary N) is 1. The fourth-order valence-electron chi connectivity index (χ4n) is 4.39. The van der Waals surface area contributed by atoms with Crippen LogP contribution in [0.25, 0.3) is 5.69 Å². The van der Waals surface area contributed by atoms with Crippen molar-refractivity contribution in [1.82, 2.24) is 19.7 Å². The molecule has 0 saturated carbocycles. The first-order valence-corrected chi connectivity index (χ1v) is 14.5. The van der Waals surface area contributed by atoms with Gasteiger partial charge in [-0.3, -0.25) is 9.59 Å². The van der Waals surface area contributed by atoms with Crippen LogP contribution < -0.4 is 15.8 Å². The first-order chi connectivity index (χ1) is 18.5. The number of fused-ring (bicyclic) bond motifs is 1. The maximum Gasteiger partial charge on any atom is 0.250 e. The van der Waals surface area contributed by atoms with Crippen LogP contribution in [0.5, 0.6) is 5.88 Å². The van der Waals surface area contributed by atoms with E-state index in [1.54, 1.807) is 30.5 Å². The van der Waals surface area contributed by atoms with Gasteiger partial charge in [0.1, 0.15) is 6.61 Å². The van der Waals surface area contributed by atoms with Gasteiger partial charge in [0.15, 0.2) is 5.78 Å². The van der Waals surface area contributed by atoms with Crippen LogP contribution in [0.4, 0.5) is 11.4 Å². The molecule has 13 heteroatoms. The summed E-state index contributed by atoms with van der Waals surface area (Å²) in [5.41, 5.74) is 10.1. The fraction of sp³-hybridized carbons (Fsp3) is 0.407. The molecule has 0 atom stereocenters. The number of carbonyl (C=O) groups is 2. The molecule has 2 aromatic heterocycles. The molecule has 0 aliphatic heterocycles. The van der Waals surface area contributed by atoms with Crippen molar-refractivity contribution in [3.05, 3.63) is 59.0 Å². The molecular formula is C27H38N6O6S. The summed E-state index contributed by atoms with van der Waals surface area (Å²) in [6, 6.07) is 8.86. The summed E-state index contributed by atoms with van der Waals surface area (Å²) in [7, 11) is 0.782. The van der Waals surface area contributed by atoms with Crippen molar-refractivity contribution in [3.63, 3.8) is 0 Å². The average Bonchev–Trinajstić information content (AvgIpc) is 3.13. The predicted molar refractivity (Wildman–Crippen MR) is 156 cm³/mol. The second kappa shape index (κ2) is 12.4. The van der Waals surface area contributed by atoms with E-state index in [-0.39, 0.29) is 11.2 Å². The Hall–Kier alpha value is -3.49. The second-order valence-electron chi connectivity index (χ2n) is 10.8. The van der Waals surface area contributed by atoms with Gasteiger partial charge in [0.2, 0.25) is 5.88 Å². The predicted octanol–water partition coefficient (Wildman–Crippen LogP) is 4.35. The van der Waals surface area contributed by atoms with Gasteiger partial charge < -0.3 is 34.3 Å². The molecule has 1 aliphatic carbocycles. The van der Waals surface area contributed by atoms with Gasteiger partial charge in [0.25, 0.3) is 5.91 Å². The Balaban J connectivity index is 0.000000810. The first kappa shape index (κ1) is 31.0. The summed E-state index contributed by atoms with van der Waals surface area (Å²) in [6.07, 6.45) is 3.81. The van der Waals surface area contributed by atoms with Gasteiger partial charge in [-0.2, -0.15) is 5.10 Å².